The molecule has 0 aliphatic rings. The summed E-state index contributed by atoms with van der Waals surface area (Å²) in [6, 6.07) is 7.70. The van der Waals surface area contributed by atoms with E-state index in [4.69, 9.17) is 0 Å². The molecule has 0 saturated carbocycles. The van der Waals surface area contributed by atoms with Gasteiger partial charge in [0.15, 0.2) is 0 Å². The number of nitrogens with zero attached hydrogens (tertiary/aromatic N) is 1. The Balaban J connectivity index is 2.95. The van der Waals surface area contributed by atoms with E-state index in [1.54, 1.807) is 0 Å². The normalized spacial score (nSPS) is 11.3. The zero-order valence-corrected chi connectivity index (χ0v) is 12.4. The third-order valence-corrected chi connectivity index (χ3v) is 3.82. The highest BCUT2D eigenvalue weighted by Crippen LogP contribution is 2.19. The van der Waals surface area contributed by atoms with Crippen molar-refractivity contribution in [3.8, 4) is 0 Å². The van der Waals surface area contributed by atoms with E-state index in [1.165, 1.54) is 0 Å². The molecule has 0 heterocycles. The first kappa shape index (κ1) is 13.5. The first-order valence-corrected chi connectivity index (χ1v) is 6.50. The Hall–Kier alpha value is -0.580. The van der Waals surface area contributed by atoms with Gasteiger partial charge in [-0.1, -0.05) is 13.0 Å². The van der Waals surface area contributed by atoms with Crippen molar-refractivity contribution >= 4 is 28.5 Å². The molecule has 0 aromatic heterocycles. The zero-order valence-electron chi connectivity index (χ0n) is 10.2. The predicted molar refractivity (Wildman–Crippen MR) is 75.6 cm³/mol. The smallest absolute Gasteiger partial charge is 0.254 e. The van der Waals surface area contributed by atoms with Gasteiger partial charge in [-0.15, -0.1) is 0 Å². The molecule has 0 aliphatic carbocycles. The van der Waals surface area contributed by atoms with E-state index in [0.29, 0.717) is 0 Å². The largest absolute Gasteiger partial charge is 0.337 e. The zero-order chi connectivity index (χ0) is 12.3. The minimum absolute atomic E-state index is 0.0883. The highest BCUT2D eigenvalue weighted by Gasteiger charge is 2.26. The van der Waals surface area contributed by atoms with E-state index in [1.807, 2.05) is 36.2 Å². The van der Waals surface area contributed by atoms with Crippen molar-refractivity contribution < 1.29 is 4.79 Å². The van der Waals surface area contributed by atoms with Crippen molar-refractivity contribution in [2.45, 2.75) is 32.7 Å². The summed E-state index contributed by atoms with van der Waals surface area (Å²) in [6.07, 6.45) is 0.944. The second-order valence-corrected chi connectivity index (χ2v) is 5.79. The monoisotopic (exact) mass is 331 g/mol. The molecule has 0 saturated heterocycles. The summed E-state index contributed by atoms with van der Waals surface area (Å²) < 4.78 is 1.09. The van der Waals surface area contributed by atoms with Crippen LogP contribution in [0.1, 0.15) is 37.6 Å². The summed E-state index contributed by atoms with van der Waals surface area (Å²) in [5.41, 5.74) is 0.661. The van der Waals surface area contributed by atoms with Crippen LogP contribution in [0.15, 0.2) is 24.3 Å². The van der Waals surface area contributed by atoms with E-state index < -0.39 is 0 Å². The Kier molecular flexibility index (Phi) is 4.35. The van der Waals surface area contributed by atoms with Crippen LogP contribution in [0.3, 0.4) is 0 Å². The topological polar surface area (TPSA) is 20.3 Å². The number of carbonyl (C=O) groups is 1. The van der Waals surface area contributed by atoms with Crippen molar-refractivity contribution in [3.05, 3.63) is 33.4 Å². The SMILES string of the molecule is CCC(C)(C)N(C)C(=O)c1cccc(I)c1. The number of hydrogen-bond acceptors (Lipinski definition) is 1. The Morgan fingerprint density at radius 3 is 2.56 bits per heavy atom. The van der Waals surface area contributed by atoms with Gasteiger partial charge in [-0.25, -0.2) is 0 Å². The lowest BCUT2D eigenvalue weighted by atomic mass is 9.99. The summed E-state index contributed by atoms with van der Waals surface area (Å²) in [6.45, 7) is 6.26. The molecular weight excluding hydrogens is 313 g/mol. The van der Waals surface area contributed by atoms with Crippen LogP contribution in [-0.4, -0.2) is 23.4 Å². The van der Waals surface area contributed by atoms with Crippen LogP contribution in [0.25, 0.3) is 0 Å². The second-order valence-electron chi connectivity index (χ2n) is 4.54. The van der Waals surface area contributed by atoms with Crippen LogP contribution >= 0.6 is 22.6 Å². The Morgan fingerprint density at radius 1 is 1.44 bits per heavy atom. The van der Waals surface area contributed by atoms with Gasteiger partial charge in [0.25, 0.3) is 5.91 Å². The van der Waals surface area contributed by atoms with Crippen LogP contribution in [-0.2, 0) is 0 Å². The van der Waals surface area contributed by atoms with Crippen LogP contribution in [0.2, 0.25) is 0 Å². The van der Waals surface area contributed by atoms with Crippen LogP contribution in [0.4, 0.5) is 0 Å². The first-order chi connectivity index (χ1) is 7.38. The fourth-order valence-electron chi connectivity index (χ4n) is 1.33. The molecule has 16 heavy (non-hydrogen) atoms. The quantitative estimate of drug-likeness (QED) is 0.776. The van der Waals surface area contributed by atoms with Gasteiger partial charge in [0.2, 0.25) is 0 Å². The highest BCUT2D eigenvalue weighted by atomic mass is 127. The molecule has 0 atom stereocenters. The molecule has 3 heteroatoms. The van der Waals surface area contributed by atoms with E-state index >= 15 is 0 Å². The summed E-state index contributed by atoms with van der Waals surface area (Å²) in [5.74, 6) is 0.0883. The summed E-state index contributed by atoms with van der Waals surface area (Å²) in [4.78, 5) is 14.0. The lowest BCUT2D eigenvalue weighted by Gasteiger charge is -2.35. The third-order valence-electron chi connectivity index (χ3n) is 3.15. The van der Waals surface area contributed by atoms with Crippen LogP contribution in [0, 0.1) is 3.57 Å². The van der Waals surface area contributed by atoms with Crippen molar-refractivity contribution in [1.29, 1.82) is 0 Å². The minimum atomic E-state index is -0.0988. The average Bonchev–Trinajstić information content (AvgIpc) is 2.27. The molecule has 1 aromatic rings. The van der Waals surface area contributed by atoms with Gasteiger partial charge in [0.05, 0.1) is 0 Å². The number of halogens is 1. The van der Waals surface area contributed by atoms with Crippen LogP contribution in [0.5, 0.6) is 0 Å². The number of amides is 1. The fourth-order valence-corrected chi connectivity index (χ4v) is 1.87. The molecule has 0 unspecified atom stereocenters. The number of benzene rings is 1. The summed E-state index contributed by atoms with van der Waals surface area (Å²) in [5, 5.41) is 0. The molecule has 1 rings (SSSR count). The van der Waals surface area contributed by atoms with Gasteiger partial charge in [-0.05, 0) is 61.1 Å². The summed E-state index contributed by atoms with van der Waals surface area (Å²) >= 11 is 2.22. The highest BCUT2D eigenvalue weighted by molar-refractivity contribution is 14.1. The summed E-state index contributed by atoms with van der Waals surface area (Å²) in [7, 11) is 1.87. The molecule has 88 valence electrons. The van der Waals surface area contributed by atoms with Gasteiger partial charge >= 0.3 is 0 Å². The van der Waals surface area contributed by atoms with E-state index in [2.05, 4.69) is 43.4 Å². The predicted octanol–water partition coefficient (Wildman–Crippen LogP) is 3.55. The van der Waals surface area contributed by atoms with Gasteiger partial charge < -0.3 is 4.90 Å². The van der Waals surface area contributed by atoms with Gasteiger partial charge in [-0.3, -0.25) is 4.79 Å². The van der Waals surface area contributed by atoms with E-state index in [0.717, 1.165) is 15.6 Å². The molecule has 0 N–H and O–H groups in total. The molecule has 2 nitrogen and oxygen atoms in total. The molecular formula is C13H18INO. The van der Waals surface area contributed by atoms with Crippen molar-refractivity contribution in [1.82, 2.24) is 4.90 Å². The second kappa shape index (κ2) is 5.17. The molecule has 1 aromatic carbocycles. The van der Waals surface area contributed by atoms with E-state index in [-0.39, 0.29) is 11.4 Å². The number of hydrogen-bond donors (Lipinski definition) is 0. The molecule has 0 spiro atoms. The molecule has 1 amide bonds. The maximum absolute atomic E-state index is 12.2. The first-order valence-electron chi connectivity index (χ1n) is 5.42. The van der Waals surface area contributed by atoms with Crippen molar-refractivity contribution in [2.75, 3.05) is 7.05 Å². The fraction of sp³-hybridized carbons (Fsp3) is 0.462. The van der Waals surface area contributed by atoms with Gasteiger partial charge in [0, 0.05) is 21.7 Å². The number of carbonyl (C=O) groups excluding carboxylic acids is 1. The third kappa shape index (κ3) is 2.97. The molecule has 0 aliphatic heterocycles. The Labute approximate surface area is 111 Å². The standard InChI is InChI=1S/C13H18INO/c1-5-13(2,3)15(4)12(16)10-7-6-8-11(14)9-10/h6-9H,5H2,1-4H3. The molecule has 0 fully saturated rings. The van der Waals surface area contributed by atoms with Crippen molar-refractivity contribution in [2.24, 2.45) is 0 Å². The van der Waals surface area contributed by atoms with E-state index in [9.17, 15) is 4.79 Å². The van der Waals surface area contributed by atoms with Crippen LogP contribution < -0.4 is 0 Å². The lowest BCUT2D eigenvalue weighted by molar-refractivity contribution is 0.0620. The Morgan fingerprint density at radius 2 is 2.06 bits per heavy atom. The van der Waals surface area contributed by atoms with Gasteiger partial charge in [-0.2, -0.15) is 0 Å². The number of rotatable bonds is 3. The Bertz CT molecular complexity index is 387. The minimum Gasteiger partial charge on any atom is -0.337 e. The molecule has 0 radical (unpaired) electrons. The maximum Gasteiger partial charge on any atom is 0.254 e. The maximum atomic E-state index is 12.2. The molecule has 0 bridgehead atoms. The lowest BCUT2D eigenvalue weighted by Crippen LogP contribution is -2.44. The van der Waals surface area contributed by atoms with Crippen molar-refractivity contribution in [3.63, 3.8) is 0 Å². The average molecular weight is 331 g/mol. The van der Waals surface area contributed by atoms with Gasteiger partial charge in [0.1, 0.15) is 0 Å².